The molecule has 0 bridgehead atoms. The normalized spacial score (nSPS) is 21.4. The molecule has 1 amide bonds. The van der Waals surface area contributed by atoms with Crippen molar-refractivity contribution in [2.24, 2.45) is 0 Å². The predicted octanol–water partition coefficient (Wildman–Crippen LogP) is 2.11. The molecule has 6 nitrogen and oxygen atoms in total. The summed E-state index contributed by atoms with van der Waals surface area (Å²) in [5.74, 6) is -1.41. The first-order chi connectivity index (χ1) is 10.2. The molecule has 2 atom stereocenters. The number of amides is 1. The van der Waals surface area contributed by atoms with Gasteiger partial charge in [0, 0.05) is 0 Å². The van der Waals surface area contributed by atoms with Crippen molar-refractivity contribution in [3.63, 3.8) is 0 Å². The molecule has 0 spiro atoms. The highest BCUT2D eigenvalue weighted by molar-refractivity contribution is 5.95. The fourth-order valence-corrected chi connectivity index (χ4v) is 2.79. The number of hydrogen-bond acceptors (Lipinski definition) is 4. The van der Waals surface area contributed by atoms with Gasteiger partial charge in [0.1, 0.15) is 12.3 Å². The quantitative estimate of drug-likeness (QED) is 0.934. The van der Waals surface area contributed by atoms with E-state index in [0.29, 0.717) is 12.8 Å². The van der Waals surface area contributed by atoms with E-state index in [1.807, 2.05) is 30.3 Å². The maximum absolute atomic E-state index is 12.5. The van der Waals surface area contributed by atoms with Crippen LogP contribution >= 0.6 is 0 Å². The molecule has 2 heterocycles. The molecule has 2 aromatic rings. The maximum atomic E-state index is 12.5. The van der Waals surface area contributed by atoms with Gasteiger partial charge >= 0.3 is 5.97 Å². The molecule has 108 valence electrons. The fraction of sp³-hybridized carbons (Fsp3) is 0.267. The van der Waals surface area contributed by atoms with Crippen LogP contribution in [0.3, 0.4) is 0 Å². The lowest BCUT2D eigenvalue weighted by atomic mass is 10.0. The van der Waals surface area contributed by atoms with Gasteiger partial charge in [-0.1, -0.05) is 30.3 Å². The summed E-state index contributed by atoms with van der Waals surface area (Å²) in [6.07, 6.45) is 3.45. The van der Waals surface area contributed by atoms with Crippen molar-refractivity contribution in [3.05, 3.63) is 54.2 Å². The Bertz CT molecular complexity index is 639. The first kappa shape index (κ1) is 13.4. The monoisotopic (exact) mass is 286 g/mol. The van der Waals surface area contributed by atoms with Gasteiger partial charge in [-0.2, -0.15) is 0 Å². The molecule has 1 aliphatic heterocycles. The number of carbonyl (C=O) groups excluding carboxylic acids is 1. The Morgan fingerprint density at radius 3 is 2.62 bits per heavy atom. The molecule has 1 aromatic carbocycles. The number of hydrogen-bond donors (Lipinski definition) is 1. The van der Waals surface area contributed by atoms with E-state index in [2.05, 4.69) is 4.98 Å². The van der Waals surface area contributed by atoms with Crippen LogP contribution in [-0.2, 0) is 4.79 Å². The van der Waals surface area contributed by atoms with Gasteiger partial charge in [-0.15, -0.1) is 0 Å². The summed E-state index contributed by atoms with van der Waals surface area (Å²) in [4.78, 5) is 29.2. The van der Waals surface area contributed by atoms with Crippen LogP contribution in [-0.4, -0.2) is 32.9 Å². The highest BCUT2D eigenvalue weighted by Crippen LogP contribution is 2.37. The summed E-state index contributed by atoms with van der Waals surface area (Å²) in [5.41, 5.74) is 1.06. The summed E-state index contributed by atoms with van der Waals surface area (Å²) in [7, 11) is 0. The number of rotatable bonds is 3. The van der Waals surface area contributed by atoms with Crippen molar-refractivity contribution in [1.29, 1.82) is 0 Å². The number of carboxylic acids is 1. The van der Waals surface area contributed by atoms with Crippen molar-refractivity contribution in [2.75, 3.05) is 0 Å². The molecule has 0 saturated carbocycles. The highest BCUT2D eigenvalue weighted by Gasteiger charge is 2.42. The zero-order chi connectivity index (χ0) is 14.8. The SMILES string of the molecule is O=C(O)[C@H]1CC[C@@H](c2ccccc2)N1C(=O)c1cocn1. The maximum Gasteiger partial charge on any atom is 0.326 e. The van der Waals surface area contributed by atoms with E-state index < -0.39 is 17.9 Å². The lowest BCUT2D eigenvalue weighted by molar-refractivity contribution is -0.141. The molecule has 3 rings (SSSR count). The van der Waals surface area contributed by atoms with Crippen LogP contribution < -0.4 is 0 Å². The van der Waals surface area contributed by atoms with Crippen molar-refractivity contribution in [2.45, 2.75) is 24.9 Å². The number of oxazole rings is 1. The molecular formula is C15H14N2O4. The van der Waals surface area contributed by atoms with Gasteiger partial charge in [-0.05, 0) is 18.4 Å². The second kappa shape index (κ2) is 5.40. The van der Waals surface area contributed by atoms with Crippen molar-refractivity contribution in [3.8, 4) is 0 Å². The predicted molar refractivity (Wildman–Crippen MR) is 72.5 cm³/mol. The minimum absolute atomic E-state index is 0.129. The van der Waals surface area contributed by atoms with Crippen LogP contribution in [0.2, 0.25) is 0 Å². The van der Waals surface area contributed by atoms with Crippen LogP contribution in [0, 0.1) is 0 Å². The van der Waals surface area contributed by atoms with Gasteiger partial charge < -0.3 is 14.4 Å². The van der Waals surface area contributed by atoms with Gasteiger partial charge in [0.15, 0.2) is 12.1 Å². The molecule has 0 aliphatic carbocycles. The third-order valence-corrected chi connectivity index (χ3v) is 3.74. The third kappa shape index (κ3) is 2.40. The average Bonchev–Trinajstić information content (AvgIpc) is 3.17. The smallest absolute Gasteiger partial charge is 0.326 e. The first-order valence-corrected chi connectivity index (χ1v) is 6.67. The Morgan fingerprint density at radius 1 is 1.24 bits per heavy atom. The number of carboxylic acid groups (broad SMARTS) is 1. The third-order valence-electron chi connectivity index (χ3n) is 3.74. The number of benzene rings is 1. The second-order valence-electron chi connectivity index (χ2n) is 4.94. The number of likely N-dealkylation sites (tertiary alicyclic amines) is 1. The lowest BCUT2D eigenvalue weighted by Gasteiger charge is -2.27. The molecule has 1 N–H and O–H groups in total. The number of carbonyl (C=O) groups is 2. The molecule has 1 saturated heterocycles. The second-order valence-corrected chi connectivity index (χ2v) is 4.94. The molecule has 0 radical (unpaired) electrons. The summed E-state index contributed by atoms with van der Waals surface area (Å²) < 4.78 is 4.83. The van der Waals surface area contributed by atoms with E-state index in [1.54, 1.807) is 0 Å². The van der Waals surface area contributed by atoms with Crippen molar-refractivity contribution < 1.29 is 19.1 Å². The summed E-state index contributed by atoms with van der Waals surface area (Å²) >= 11 is 0. The summed E-state index contributed by atoms with van der Waals surface area (Å²) in [6, 6.07) is 8.35. The Hall–Kier alpha value is -2.63. The molecule has 0 unspecified atom stereocenters. The van der Waals surface area contributed by atoms with Crippen LogP contribution in [0.1, 0.15) is 34.9 Å². The first-order valence-electron chi connectivity index (χ1n) is 6.67. The summed E-state index contributed by atoms with van der Waals surface area (Å²) in [5, 5.41) is 9.36. The largest absolute Gasteiger partial charge is 0.480 e. The van der Waals surface area contributed by atoms with Gasteiger partial charge in [0.05, 0.1) is 6.04 Å². The molecule has 1 aromatic heterocycles. The Labute approximate surface area is 121 Å². The Morgan fingerprint density at radius 2 is 2.00 bits per heavy atom. The Balaban J connectivity index is 1.97. The zero-order valence-corrected chi connectivity index (χ0v) is 11.2. The fourth-order valence-electron chi connectivity index (χ4n) is 2.79. The lowest BCUT2D eigenvalue weighted by Crippen LogP contribution is -2.42. The highest BCUT2D eigenvalue weighted by atomic mass is 16.4. The molecule has 21 heavy (non-hydrogen) atoms. The number of nitrogens with zero attached hydrogens (tertiary/aromatic N) is 2. The van der Waals surface area contributed by atoms with Crippen LogP contribution in [0.25, 0.3) is 0 Å². The van der Waals surface area contributed by atoms with Gasteiger partial charge in [-0.3, -0.25) is 4.79 Å². The van der Waals surface area contributed by atoms with E-state index in [1.165, 1.54) is 11.2 Å². The number of aliphatic carboxylic acids is 1. The van der Waals surface area contributed by atoms with Crippen LogP contribution in [0.4, 0.5) is 0 Å². The van der Waals surface area contributed by atoms with Crippen LogP contribution in [0.15, 0.2) is 47.4 Å². The van der Waals surface area contributed by atoms with E-state index in [9.17, 15) is 14.7 Å². The minimum atomic E-state index is -0.995. The van der Waals surface area contributed by atoms with Crippen molar-refractivity contribution >= 4 is 11.9 Å². The topological polar surface area (TPSA) is 83.6 Å². The number of aromatic nitrogens is 1. The molecular weight excluding hydrogens is 272 g/mol. The van der Waals surface area contributed by atoms with Crippen LogP contribution in [0.5, 0.6) is 0 Å². The molecule has 1 aliphatic rings. The molecule has 6 heteroatoms. The minimum Gasteiger partial charge on any atom is -0.480 e. The van der Waals surface area contributed by atoms with Gasteiger partial charge in [0.25, 0.3) is 5.91 Å². The van der Waals surface area contributed by atoms with E-state index in [0.717, 1.165) is 12.0 Å². The standard InChI is InChI=1S/C15H14N2O4/c18-14(11-8-21-9-16-11)17-12(6-7-13(17)15(19)20)10-4-2-1-3-5-10/h1-5,8-9,12-13H,6-7H2,(H,19,20)/t12-,13+/m0/s1. The average molecular weight is 286 g/mol. The zero-order valence-electron chi connectivity index (χ0n) is 11.2. The van der Waals surface area contributed by atoms with Crippen molar-refractivity contribution in [1.82, 2.24) is 9.88 Å². The molecule has 1 fully saturated rings. The summed E-state index contributed by atoms with van der Waals surface area (Å²) in [6.45, 7) is 0. The van der Waals surface area contributed by atoms with E-state index in [-0.39, 0.29) is 11.7 Å². The van der Waals surface area contributed by atoms with E-state index >= 15 is 0 Å². The van der Waals surface area contributed by atoms with Gasteiger partial charge in [0.2, 0.25) is 0 Å². The Kier molecular flexibility index (Phi) is 3.43. The van der Waals surface area contributed by atoms with E-state index in [4.69, 9.17) is 4.42 Å². The van der Waals surface area contributed by atoms with Gasteiger partial charge in [-0.25, -0.2) is 9.78 Å².